The summed E-state index contributed by atoms with van der Waals surface area (Å²) < 4.78 is 14.0. The first kappa shape index (κ1) is 20.5. The first-order valence-corrected chi connectivity index (χ1v) is 9.57. The standard InChI is InChI=1S/C22H24FN3O3/c1-14(2)24-20(27)11-15-7-9-17(10-8-15)25-22(29)16-12-21(28)26(13-16)19-6-4-3-5-18(19)23/h3-10,14,16H,11-13H2,1-2H3,(H,24,27)(H,25,29). The van der Waals surface area contributed by atoms with Gasteiger partial charge in [-0.3, -0.25) is 14.4 Å². The van der Waals surface area contributed by atoms with E-state index in [4.69, 9.17) is 0 Å². The summed E-state index contributed by atoms with van der Waals surface area (Å²) in [5.74, 6) is -1.67. The Morgan fingerprint density at radius 2 is 1.83 bits per heavy atom. The molecule has 3 rings (SSSR count). The van der Waals surface area contributed by atoms with E-state index in [0.717, 1.165) is 5.56 Å². The van der Waals surface area contributed by atoms with Crippen LogP contribution < -0.4 is 15.5 Å². The number of benzene rings is 2. The fourth-order valence-corrected chi connectivity index (χ4v) is 3.30. The highest BCUT2D eigenvalue weighted by atomic mass is 19.1. The van der Waals surface area contributed by atoms with Crippen LogP contribution >= 0.6 is 0 Å². The Bertz CT molecular complexity index is 912. The molecule has 2 aromatic rings. The fourth-order valence-electron chi connectivity index (χ4n) is 3.30. The summed E-state index contributed by atoms with van der Waals surface area (Å²) in [6.07, 6.45) is 0.300. The monoisotopic (exact) mass is 397 g/mol. The average Bonchev–Trinajstić information content (AvgIpc) is 3.05. The zero-order valence-electron chi connectivity index (χ0n) is 16.4. The van der Waals surface area contributed by atoms with Crippen molar-refractivity contribution in [3.63, 3.8) is 0 Å². The zero-order chi connectivity index (χ0) is 21.0. The molecular weight excluding hydrogens is 373 g/mol. The second-order valence-electron chi connectivity index (χ2n) is 7.44. The molecule has 1 atom stereocenters. The van der Waals surface area contributed by atoms with Crippen LogP contribution in [0.5, 0.6) is 0 Å². The molecule has 0 radical (unpaired) electrons. The van der Waals surface area contributed by atoms with Gasteiger partial charge in [0, 0.05) is 24.7 Å². The molecule has 7 heteroatoms. The van der Waals surface area contributed by atoms with Crippen LogP contribution in [0, 0.1) is 11.7 Å². The van der Waals surface area contributed by atoms with Crippen LogP contribution in [0.4, 0.5) is 15.8 Å². The second kappa shape index (κ2) is 8.86. The molecule has 1 aliphatic rings. The lowest BCUT2D eigenvalue weighted by Crippen LogP contribution is -2.31. The highest BCUT2D eigenvalue weighted by Gasteiger charge is 2.36. The molecule has 1 saturated heterocycles. The molecule has 1 unspecified atom stereocenters. The fraction of sp³-hybridized carbons (Fsp3) is 0.318. The maximum atomic E-state index is 14.0. The highest BCUT2D eigenvalue weighted by Crippen LogP contribution is 2.28. The van der Waals surface area contributed by atoms with Crippen LogP contribution in [0.3, 0.4) is 0 Å². The molecule has 0 spiro atoms. The van der Waals surface area contributed by atoms with E-state index in [-0.39, 0.29) is 48.8 Å². The van der Waals surface area contributed by atoms with Gasteiger partial charge in [0.15, 0.2) is 0 Å². The number of para-hydroxylation sites is 1. The molecule has 2 aromatic carbocycles. The lowest BCUT2D eigenvalue weighted by molar-refractivity contribution is -0.122. The van der Waals surface area contributed by atoms with E-state index in [9.17, 15) is 18.8 Å². The summed E-state index contributed by atoms with van der Waals surface area (Å²) in [7, 11) is 0. The summed E-state index contributed by atoms with van der Waals surface area (Å²) in [5, 5.41) is 5.62. The quantitative estimate of drug-likeness (QED) is 0.787. The van der Waals surface area contributed by atoms with Crippen molar-refractivity contribution < 1.29 is 18.8 Å². The summed E-state index contributed by atoms with van der Waals surface area (Å²) in [6, 6.07) is 13.1. The lowest BCUT2D eigenvalue weighted by atomic mass is 10.1. The zero-order valence-corrected chi connectivity index (χ0v) is 16.4. The molecule has 1 heterocycles. The third-order valence-electron chi connectivity index (χ3n) is 4.67. The molecule has 0 saturated carbocycles. The second-order valence-corrected chi connectivity index (χ2v) is 7.44. The van der Waals surface area contributed by atoms with Gasteiger partial charge in [-0.15, -0.1) is 0 Å². The van der Waals surface area contributed by atoms with Gasteiger partial charge in [0.1, 0.15) is 5.82 Å². The first-order chi connectivity index (χ1) is 13.8. The van der Waals surface area contributed by atoms with Crippen LogP contribution in [0.15, 0.2) is 48.5 Å². The molecule has 0 bridgehead atoms. The SMILES string of the molecule is CC(C)NC(=O)Cc1ccc(NC(=O)C2CC(=O)N(c3ccccc3F)C2)cc1. The van der Waals surface area contributed by atoms with Crippen LogP contribution in [0.2, 0.25) is 0 Å². The van der Waals surface area contributed by atoms with Crippen molar-refractivity contribution in [2.75, 3.05) is 16.8 Å². The molecule has 1 fully saturated rings. The molecular formula is C22H24FN3O3. The molecule has 1 aliphatic heterocycles. The number of hydrogen-bond donors (Lipinski definition) is 2. The van der Waals surface area contributed by atoms with E-state index < -0.39 is 11.7 Å². The number of halogens is 1. The Balaban J connectivity index is 1.59. The number of anilines is 2. The van der Waals surface area contributed by atoms with Gasteiger partial charge in [-0.2, -0.15) is 0 Å². The maximum Gasteiger partial charge on any atom is 0.229 e. The van der Waals surface area contributed by atoms with E-state index in [1.54, 1.807) is 36.4 Å². The van der Waals surface area contributed by atoms with Crippen LogP contribution in [-0.4, -0.2) is 30.3 Å². The summed E-state index contributed by atoms with van der Waals surface area (Å²) in [5.41, 5.74) is 1.61. The number of hydrogen-bond acceptors (Lipinski definition) is 3. The van der Waals surface area contributed by atoms with Gasteiger partial charge >= 0.3 is 0 Å². The number of rotatable bonds is 6. The third kappa shape index (κ3) is 5.19. The van der Waals surface area contributed by atoms with Crippen molar-refractivity contribution in [3.05, 3.63) is 59.9 Å². The van der Waals surface area contributed by atoms with E-state index >= 15 is 0 Å². The van der Waals surface area contributed by atoms with Crippen molar-refractivity contribution in [3.8, 4) is 0 Å². The van der Waals surface area contributed by atoms with Gasteiger partial charge in [0.05, 0.1) is 18.0 Å². The molecule has 0 aromatic heterocycles. The number of amides is 3. The lowest BCUT2D eigenvalue weighted by Gasteiger charge is -2.17. The number of nitrogens with zero attached hydrogens (tertiary/aromatic N) is 1. The van der Waals surface area contributed by atoms with Crippen LogP contribution in [0.1, 0.15) is 25.8 Å². The minimum atomic E-state index is -0.557. The van der Waals surface area contributed by atoms with Gasteiger partial charge in [-0.05, 0) is 43.7 Å². The van der Waals surface area contributed by atoms with Crippen molar-refractivity contribution in [1.82, 2.24) is 5.32 Å². The Labute approximate surface area is 169 Å². The third-order valence-corrected chi connectivity index (χ3v) is 4.67. The smallest absolute Gasteiger partial charge is 0.229 e. The van der Waals surface area contributed by atoms with Crippen LogP contribution in [-0.2, 0) is 20.8 Å². The van der Waals surface area contributed by atoms with Gasteiger partial charge < -0.3 is 15.5 Å². The Morgan fingerprint density at radius 1 is 1.14 bits per heavy atom. The van der Waals surface area contributed by atoms with E-state index in [1.807, 2.05) is 13.8 Å². The molecule has 3 amide bonds. The summed E-state index contributed by atoms with van der Waals surface area (Å²) in [6.45, 7) is 3.94. The Morgan fingerprint density at radius 3 is 2.48 bits per heavy atom. The average molecular weight is 397 g/mol. The topological polar surface area (TPSA) is 78.5 Å². The van der Waals surface area contributed by atoms with Gasteiger partial charge in [-0.25, -0.2) is 4.39 Å². The maximum absolute atomic E-state index is 14.0. The van der Waals surface area contributed by atoms with Gasteiger partial charge in [0.2, 0.25) is 17.7 Å². The molecule has 0 aliphatic carbocycles. The van der Waals surface area contributed by atoms with Crippen molar-refractivity contribution in [2.24, 2.45) is 5.92 Å². The number of nitrogens with one attached hydrogen (secondary N) is 2. The molecule has 152 valence electrons. The molecule has 6 nitrogen and oxygen atoms in total. The molecule has 2 N–H and O–H groups in total. The predicted molar refractivity (Wildman–Crippen MR) is 109 cm³/mol. The highest BCUT2D eigenvalue weighted by molar-refractivity contribution is 6.03. The summed E-state index contributed by atoms with van der Waals surface area (Å²) >= 11 is 0. The minimum absolute atomic E-state index is 0.0353. The van der Waals surface area contributed by atoms with Gasteiger partial charge in [-0.1, -0.05) is 24.3 Å². The van der Waals surface area contributed by atoms with Gasteiger partial charge in [0.25, 0.3) is 0 Å². The summed E-state index contributed by atoms with van der Waals surface area (Å²) in [4.78, 5) is 38.0. The normalized spacial score (nSPS) is 16.2. The first-order valence-electron chi connectivity index (χ1n) is 9.57. The van der Waals surface area contributed by atoms with Crippen molar-refractivity contribution in [1.29, 1.82) is 0 Å². The van der Waals surface area contributed by atoms with E-state index in [2.05, 4.69) is 10.6 Å². The Kier molecular flexibility index (Phi) is 6.26. The van der Waals surface area contributed by atoms with Crippen molar-refractivity contribution in [2.45, 2.75) is 32.7 Å². The van der Waals surface area contributed by atoms with E-state index in [1.165, 1.54) is 17.0 Å². The predicted octanol–water partition coefficient (Wildman–Crippen LogP) is 2.88. The number of carbonyl (C=O) groups is 3. The minimum Gasteiger partial charge on any atom is -0.354 e. The van der Waals surface area contributed by atoms with E-state index in [0.29, 0.717) is 5.69 Å². The van der Waals surface area contributed by atoms with Crippen LogP contribution in [0.25, 0.3) is 0 Å². The largest absolute Gasteiger partial charge is 0.354 e. The number of carbonyl (C=O) groups excluding carboxylic acids is 3. The van der Waals surface area contributed by atoms with Crippen molar-refractivity contribution >= 4 is 29.1 Å². The molecule has 29 heavy (non-hydrogen) atoms. The Hall–Kier alpha value is -3.22.